The fourth-order valence-electron chi connectivity index (χ4n) is 1.33. The summed E-state index contributed by atoms with van der Waals surface area (Å²) >= 11 is 0. The van der Waals surface area contributed by atoms with Crippen molar-refractivity contribution in [3.63, 3.8) is 0 Å². The summed E-state index contributed by atoms with van der Waals surface area (Å²) in [5, 5.41) is 2.90. The molecular weight excluding hydrogens is 206 g/mol. The van der Waals surface area contributed by atoms with Crippen LogP contribution in [0.5, 0.6) is 0 Å². The Morgan fingerprint density at radius 3 is 3.06 bits per heavy atom. The minimum absolute atomic E-state index is 0.00368. The highest BCUT2D eigenvalue weighted by molar-refractivity contribution is 5.81. The molecule has 0 radical (unpaired) electrons. The van der Waals surface area contributed by atoms with Gasteiger partial charge < -0.3 is 16.0 Å². The Kier molecular flexibility index (Phi) is 2.89. The molecule has 16 heavy (non-hydrogen) atoms. The minimum Gasteiger partial charge on any atom is -0.384 e. The molecular formula is C10H15N5O. The maximum Gasteiger partial charge on any atom is 0.239 e. The van der Waals surface area contributed by atoms with Gasteiger partial charge in [-0.25, -0.2) is 4.98 Å². The van der Waals surface area contributed by atoms with E-state index in [1.165, 1.54) is 0 Å². The summed E-state index contributed by atoms with van der Waals surface area (Å²) < 4.78 is 0. The van der Waals surface area contributed by atoms with Gasteiger partial charge in [0.15, 0.2) is 0 Å². The predicted molar refractivity (Wildman–Crippen MR) is 60.9 cm³/mol. The van der Waals surface area contributed by atoms with Crippen LogP contribution in [0.4, 0.5) is 11.8 Å². The van der Waals surface area contributed by atoms with E-state index in [0.29, 0.717) is 17.8 Å². The Labute approximate surface area is 93.9 Å². The SMILES string of the molecule is CN(CC(=O)NC1CC1)c1nccc(N)n1. The first-order chi connectivity index (χ1) is 7.65. The zero-order valence-electron chi connectivity index (χ0n) is 9.18. The molecule has 1 saturated carbocycles. The first-order valence-electron chi connectivity index (χ1n) is 5.24. The number of carbonyl (C=O) groups is 1. The number of nitrogens with two attached hydrogens (primary N) is 1. The van der Waals surface area contributed by atoms with Gasteiger partial charge in [0, 0.05) is 19.3 Å². The third kappa shape index (κ3) is 2.82. The second kappa shape index (κ2) is 4.34. The van der Waals surface area contributed by atoms with Gasteiger partial charge in [-0.15, -0.1) is 0 Å². The molecule has 6 nitrogen and oxygen atoms in total. The zero-order chi connectivity index (χ0) is 11.5. The number of nitrogen functional groups attached to an aromatic ring is 1. The number of nitrogens with zero attached hydrogens (tertiary/aromatic N) is 3. The van der Waals surface area contributed by atoms with Crippen LogP contribution in [0.25, 0.3) is 0 Å². The van der Waals surface area contributed by atoms with Crippen LogP contribution in [0.1, 0.15) is 12.8 Å². The number of hydrogen-bond donors (Lipinski definition) is 2. The standard InChI is InChI=1S/C10H15N5O/c1-15(6-9(16)13-7-2-3-7)10-12-5-4-8(11)14-10/h4-5,7H,2-3,6H2,1H3,(H,13,16)(H2,11,12,14). The van der Waals surface area contributed by atoms with E-state index < -0.39 is 0 Å². The molecule has 0 saturated heterocycles. The summed E-state index contributed by atoms with van der Waals surface area (Å²) in [7, 11) is 1.77. The highest BCUT2D eigenvalue weighted by Crippen LogP contribution is 2.18. The highest BCUT2D eigenvalue weighted by Gasteiger charge is 2.23. The number of anilines is 2. The fraction of sp³-hybridized carbons (Fsp3) is 0.500. The van der Waals surface area contributed by atoms with Crippen molar-refractivity contribution in [2.45, 2.75) is 18.9 Å². The number of nitrogens with one attached hydrogen (secondary N) is 1. The Balaban J connectivity index is 1.91. The third-order valence-electron chi connectivity index (χ3n) is 2.33. The Morgan fingerprint density at radius 1 is 1.69 bits per heavy atom. The van der Waals surface area contributed by atoms with Crippen LogP contribution in [-0.2, 0) is 4.79 Å². The van der Waals surface area contributed by atoms with Crippen molar-refractivity contribution in [3.05, 3.63) is 12.3 Å². The second-order valence-corrected chi connectivity index (χ2v) is 3.98. The van der Waals surface area contributed by atoms with E-state index in [-0.39, 0.29) is 12.5 Å². The van der Waals surface area contributed by atoms with Gasteiger partial charge in [-0.1, -0.05) is 0 Å². The lowest BCUT2D eigenvalue weighted by atomic mass is 10.5. The van der Waals surface area contributed by atoms with Crippen molar-refractivity contribution < 1.29 is 4.79 Å². The van der Waals surface area contributed by atoms with E-state index in [1.807, 2.05) is 0 Å². The van der Waals surface area contributed by atoms with Gasteiger partial charge in [0.2, 0.25) is 11.9 Å². The van der Waals surface area contributed by atoms with Crippen LogP contribution < -0.4 is 16.0 Å². The highest BCUT2D eigenvalue weighted by atomic mass is 16.2. The molecule has 0 spiro atoms. The van der Waals surface area contributed by atoms with E-state index in [4.69, 9.17) is 5.73 Å². The Bertz CT molecular complexity index is 391. The van der Waals surface area contributed by atoms with Crippen molar-refractivity contribution in [2.75, 3.05) is 24.2 Å². The molecule has 1 fully saturated rings. The lowest BCUT2D eigenvalue weighted by Gasteiger charge is -2.16. The molecule has 0 aromatic carbocycles. The van der Waals surface area contributed by atoms with Gasteiger partial charge in [0.25, 0.3) is 0 Å². The molecule has 0 aliphatic heterocycles. The van der Waals surface area contributed by atoms with Gasteiger partial charge in [0.1, 0.15) is 5.82 Å². The molecule has 2 rings (SSSR count). The average Bonchev–Trinajstić information content (AvgIpc) is 3.01. The Hall–Kier alpha value is -1.85. The van der Waals surface area contributed by atoms with E-state index in [0.717, 1.165) is 12.8 Å². The van der Waals surface area contributed by atoms with Gasteiger partial charge >= 0.3 is 0 Å². The molecule has 3 N–H and O–H groups in total. The molecule has 1 heterocycles. The van der Waals surface area contributed by atoms with Crippen molar-refractivity contribution in [1.82, 2.24) is 15.3 Å². The van der Waals surface area contributed by atoms with Crippen molar-refractivity contribution in [1.29, 1.82) is 0 Å². The first-order valence-corrected chi connectivity index (χ1v) is 5.24. The number of aromatic nitrogens is 2. The van der Waals surface area contributed by atoms with Crippen LogP contribution >= 0.6 is 0 Å². The molecule has 0 unspecified atom stereocenters. The van der Waals surface area contributed by atoms with Crippen LogP contribution in [0.3, 0.4) is 0 Å². The number of rotatable bonds is 4. The predicted octanol–water partition coefficient (Wildman–Crippen LogP) is -0.226. The largest absolute Gasteiger partial charge is 0.384 e. The topological polar surface area (TPSA) is 84.1 Å². The molecule has 6 heteroatoms. The smallest absolute Gasteiger partial charge is 0.239 e. The van der Waals surface area contributed by atoms with Crippen LogP contribution in [0, 0.1) is 0 Å². The second-order valence-electron chi connectivity index (χ2n) is 3.98. The normalized spacial score (nSPS) is 14.6. The van der Waals surface area contributed by atoms with Crippen LogP contribution in [-0.4, -0.2) is 35.5 Å². The van der Waals surface area contributed by atoms with E-state index >= 15 is 0 Å². The fourth-order valence-corrected chi connectivity index (χ4v) is 1.33. The lowest BCUT2D eigenvalue weighted by molar-refractivity contribution is -0.119. The first kappa shape index (κ1) is 10.7. The van der Waals surface area contributed by atoms with Crippen LogP contribution in [0.15, 0.2) is 12.3 Å². The van der Waals surface area contributed by atoms with Gasteiger partial charge in [0.05, 0.1) is 6.54 Å². The summed E-state index contributed by atoms with van der Waals surface area (Å²) in [6.07, 6.45) is 3.75. The molecule has 1 aliphatic rings. The lowest BCUT2D eigenvalue weighted by Crippen LogP contribution is -2.36. The monoisotopic (exact) mass is 221 g/mol. The average molecular weight is 221 g/mol. The number of carbonyl (C=O) groups excluding carboxylic acids is 1. The summed E-state index contributed by atoms with van der Waals surface area (Å²) in [5.74, 6) is 0.862. The van der Waals surface area contributed by atoms with E-state index in [9.17, 15) is 4.79 Å². The Morgan fingerprint density at radius 2 is 2.44 bits per heavy atom. The van der Waals surface area contributed by atoms with Crippen molar-refractivity contribution in [2.24, 2.45) is 0 Å². The zero-order valence-corrected chi connectivity index (χ0v) is 9.18. The third-order valence-corrected chi connectivity index (χ3v) is 2.33. The van der Waals surface area contributed by atoms with Crippen LogP contribution in [0.2, 0.25) is 0 Å². The molecule has 1 amide bonds. The molecule has 1 aromatic rings. The molecule has 0 bridgehead atoms. The number of hydrogen-bond acceptors (Lipinski definition) is 5. The van der Waals surface area contributed by atoms with Gasteiger partial charge in [-0.3, -0.25) is 4.79 Å². The molecule has 0 atom stereocenters. The maximum absolute atomic E-state index is 11.5. The van der Waals surface area contributed by atoms with E-state index in [2.05, 4.69) is 15.3 Å². The summed E-state index contributed by atoms with van der Waals surface area (Å²) in [6, 6.07) is 1.99. The van der Waals surface area contributed by atoms with Gasteiger partial charge in [-0.05, 0) is 18.9 Å². The molecule has 86 valence electrons. The van der Waals surface area contributed by atoms with Crippen molar-refractivity contribution >= 4 is 17.7 Å². The van der Waals surface area contributed by atoms with E-state index in [1.54, 1.807) is 24.2 Å². The number of amides is 1. The molecule has 1 aromatic heterocycles. The van der Waals surface area contributed by atoms with Crippen molar-refractivity contribution in [3.8, 4) is 0 Å². The summed E-state index contributed by atoms with van der Waals surface area (Å²) in [5.41, 5.74) is 5.54. The minimum atomic E-state index is -0.00368. The number of likely N-dealkylation sites (N-methyl/N-ethyl adjacent to an activating group) is 1. The molecule has 1 aliphatic carbocycles. The summed E-state index contributed by atoms with van der Waals surface area (Å²) in [6.45, 7) is 0.250. The quantitative estimate of drug-likeness (QED) is 0.734. The van der Waals surface area contributed by atoms with Gasteiger partial charge in [-0.2, -0.15) is 4.98 Å². The summed E-state index contributed by atoms with van der Waals surface area (Å²) in [4.78, 5) is 21.3. The maximum atomic E-state index is 11.5.